The van der Waals surface area contributed by atoms with Crippen LogP contribution in [0.4, 0.5) is 0 Å². The van der Waals surface area contributed by atoms with Crippen molar-refractivity contribution in [3.63, 3.8) is 0 Å². The maximum atomic E-state index is 11.0. The molecule has 11 heavy (non-hydrogen) atoms. The van der Waals surface area contributed by atoms with E-state index in [4.69, 9.17) is 5.73 Å². The van der Waals surface area contributed by atoms with E-state index in [0.717, 1.165) is 13.1 Å². The fraction of sp³-hybridized carbons (Fsp3) is 0.625. The van der Waals surface area contributed by atoms with Crippen LogP contribution >= 0.6 is 0 Å². The number of carbonyl (C=O) groups excluding carboxylic acids is 1. The SMILES string of the molecule is CC#CC(=O)N1CC(CN)C1. The molecule has 3 nitrogen and oxygen atoms in total. The van der Waals surface area contributed by atoms with E-state index in [2.05, 4.69) is 11.8 Å². The van der Waals surface area contributed by atoms with Crippen LogP contribution in [0, 0.1) is 17.8 Å². The van der Waals surface area contributed by atoms with Crippen LogP contribution < -0.4 is 5.73 Å². The molecule has 2 N–H and O–H groups in total. The highest BCUT2D eigenvalue weighted by atomic mass is 16.2. The first-order valence-corrected chi connectivity index (χ1v) is 3.69. The third-order valence-corrected chi connectivity index (χ3v) is 1.81. The van der Waals surface area contributed by atoms with Gasteiger partial charge in [-0.2, -0.15) is 0 Å². The van der Waals surface area contributed by atoms with Gasteiger partial charge in [0.2, 0.25) is 0 Å². The molecule has 0 aromatic carbocycles. The molecular weight excluding hydrogens is 140 g/mol. The van der Waals surface area contributed by atoms with E-state index in [0.29, 0.717) is 12.5 Å². The Morgan fingerprint density at radius 1 is 1.73 bits per heavy atom. The van der Waals surface area contributed by atoms with Crippen molar-refractivity contribution in [1.82, 2.24) is 4.90 Å². The number of hydrogen-bond acceptors (Lipinski definition) is 2. The molecule has 0 aliphatic carbocycles. The maximum Gasteiger partial charge on any atom is 0.298 e. The molecule has 3 heteroatoms. The molecule has 0 spiro atoms. The third kappa shape index (κ3) is 1.72. The molecule has 0 saturated carbocycles. The molecule has 60 valence electrons. The van der Waals surface area contributed by atoms with Crippen LogP contribution in [-0.2, 0) is 4.79 Å². The van der Waals surface area contributed by atoms with E-state index in [-0.39, 0.29) is 5.91 Å². The van der Waals surface area contributed by atoms with Crippen LogP contribution in [0.25, 0.3) is 0 Å². The van der Waals surface area contributed by atoms with Gasteiger partial charge in [-0.25, -0.2) is 0 Å². The maximum absolute atomic E-state index is 11.0. The largest absolute Gasteiger partial charge is 0.331 e. The Bertz CT molecular complexity index is 208. The van der Waals surface area contributed by atoms with Crippen molar-refractivity contribution in [2.75, 3.05) is 19.6 Å². The summed E-state index contributed by atoms with van der Waals surface area (Å²) in [7, 11) is 0. The van der Waals surface area contributed by atoms with Gasteiger partial charge in [0.1, 0.15) is 0 Å². The number of amides is 1. The van der Waals surface area contributed by atoms with Gasteiger partial charge in [-0.15, -0.1) is 0 Å². The third-order valence-electron chi connectivity index (χ3n) is 1.81. The Morgan fingerprint density at radius 2 is 2.36 bits per heavy atom. The van der Waals surface area contributed by atoms with E-state index in [1.165, 1.54) is 0 Å². The summed E-state index contributed by atoms with van der Waals surface area (Å²) in [4.78, 5) is 12.7. The highest BCUT2D eigenvalue weighted by Gasteiger charge is 2.28. The average Bonchev–Trinajstić information content (AvgIpc) is 1.86. The van der Waals surface area contributed by atoms with Gasteiger partial charge >= 0.3 is 0 Å². The zero-order chi connectivity index (χ0) is 8.27. The molecule has 1 rings (SSSR count). The van der Waals surface area contributed by atoms with E-state index in [9.17, 15) is 4.79 Å². The van der Waals surface area contributed by atoms with Crippen molar-refractivity contribution >= 4 is 5.91 Å². The Hall–Kier alpha value is -1.01. The lowest BCUT2D eigenvalue weighted by Gasteiger charge is -2.37. The summed E-state index contributed by atoms with van der Waals surface area (Å²) in [5, 5.41) is 0. The first kappa shape index (κ1) is 8.09. The minimum Gasteiger partial charge on any atom is -0.331 e. The molecule has 0 unspecified atom stereocenters. The Kier molecular flexibility index (Phi) is 2.50. The summed E-state index contributed by atoms with van der Waals surface area (Å²) < 4.78 is 0. The predicted molar refractivity (Wildman–Crippen MR) is 42.6 cm³/mol. The molecule has 0 aromatic rings. The van der Waals surface area contributed by atoms with E-state index >= 15 is 0 Å². The minimum atomic E-state index is -0.0720. The Morgan fingerprint density at radius 3 is 2.82 bits per heavy atom. The second-order valence-electron chi connectivity index (χ2n) is 2.69. The topological polar surface area (TPSA) is 46.3 Å². The summed E-state index contributed by atoms with van der Waals surface area (Å²) in [6, 6.07) is 0. The van der Waals surface area contributed by atoms with Crippen molar-refractivity contribution in [1.29, 1.82) is 0 Å². The number of rotatable bonds is 1. The summed E-state index contributed by atoms with van der Waals surface area (Å²) in [6.45, 7) is 3.90. The number of nitrogens with two attached hydrogens (primary N) is 1. The molecule has 0 aromatic heterocycles. The molecule has 1 heterocycles. The number of nitrogens with zero attached hydrogens (tertiary/aromatic N) is 1. The molecule has 1 saturated heterocycles. The lowest BCUT2D eigenvalue weighted by atomic mass is 10.0. The number of likely N-dealkylation sites (tertiary alicyclic amines) is 1. The average molecular weight is 152 g/mol. The standard InChI is InChI=1S/C8H12N2O/c1-2-3-8(11)10-5-7(4-9)6-10/h7H,4-6,9H2,1H3. The van der Waals surface area contributed by atoms with Crippen LogP contribution in [0.5, 0.6) is 0 Å². The molecule has 0 bridgehead atoms. The zero-order valence-corrected chi connectivity index (χ0v) is 6.63. The van der Waals surface area contributed by atoms with Crippen molar-refractivity contribution < 1.29 is 4.79 Å². The number of carbonyl (C=O) groups is 1. The van der Waals surface area contributed by atoms with Gasteiger partial charge in [-0.3, -0.25) is 4.79 Å². The van der Waals surface area contributed by atoms with Gasteiger partial charge in [-0.05, 0) is 19.4 Å². The van der Waals surface area contributed by atoms with Gasteiger partial charge in [-0.1, -0.05) is 5.92 Å². The first-order chi connectivity index (χ1) is 5.27. The molecule has 1 aliphatic rings. The fourth-order valence-corrected chi connectivity index (χ4v) is 1.07. The molecule has 0 atom stereocenters. The van der Waals surface area contributed by atoms with Gasteiger partial charge in [0, 0.05) is 19.0 Å². The lowest BCUT2D eigenvalue weighted by molar-refractivity contribution is -0.130. The van der Waals surface area contributed by atoms with Gasteiger partial charge in [0.05, 0.1) is 0 Å². The lowest BCUT2D eigenvalue weighted by Crippen LogP contribution is -2.52. The van der Waals surface area contributed by atoms with Crippen molar-refractivity contribution in [2.24, 2.45) is 11.7 Å². The molecular formula is C8H12N2O. The van der Waals surface area contributed by atoms with Gasteiger partial charge in [0.25, 0.3) is 5.91 Å². The van der Waals surface area contributed by atoms with Crippen LogP contribution in [-0.4, -0.2) is 30.4 Å². The Balaban J connectivity index is 2.30. The van der Waals surface area contributed by atoms with Crippen LogP contribution in [0.2, 0.25) is 0 Å². The van der Waals surface area contributed by atoms with Gasteiger partial charge < -0.3 is 10.6 Å². The van der Waals surface area contributed by atoms with Gasteiger partial charge in [0.15, 0.2) is 0 Å². The van der Waals surface area contributed by atoms with Crippen molar-refractivity contribution in [3.8, 4) is 11.8 Å². The van der Waals surface area contributed by atoms with Crippen molar-refractivity contribution in [3.05, 3.63) is 0 Å². The number of hydrogen-bond donors (Lipinski definition) is 1. The highest BCUT2D eigenvalue weighted by Crippen LogP contribution is 2.12. The predicted octanol–water partition coefficient (Wildman–Crippen LogP) is -0.573. The first-order valence-electron chi connectivity index (χ1n) is 3.69. The second-order valence-corrected chi connectivity index (χ2v) is 2.69. The molecule has 1 fully saturated rings. The quantitative estimate of drug-likeness (QED) is 0.511. The second kappa shape index (κ2) is 3.40. The molecule has 1 amide bonds. The Labute approximate surface area is 66.5 Å². The van der Waals surface area contributed by atoms with Crippen LogP contribution in [0.15, 0.2) is 0 Å². The van der Waals surface area contributed by atoms with Crippen LogP contribution in [0.1, 0.15) is 6.92 Å². The van der Waals surface area contributed by atoms with Crippen molar-refractivity contribution in [2.45, 2.75) is 6.92 Å². The minimum absolute atomic E-state index is 0.0720. The highest BCUT2D eigenvalue weighted by molar-refractivity contribution is 5.93. The van der Waals surface area contributed by atoms with Crippen LogP contribution in [0.3, 0.4) is 0 Å². The summed E-state index contributed by atoms with van der Waals surface area (Å²) in [5.74, 6) is 5.49. The normalized spacial score (nSPS) is 16.7. The summed E-state index contributed by atoms with van der Waals surface area (Å²) in [5.41, 5.74) is 5.40. The summed E-state index contributed by atoms with van der Waals surface area (Å²) >= 11 is 0. The van der Waals surface area contributed by atoms with E-state index < -0.39 is 0 Å². The smallest absolute Gasteiger partial charge is 0.298 e. The monoisotopic (exact) mass is 152 g/mol. The molecule has 0 radical (unpaired) electrons. The van der Waals surface area contributed by atoms with E-state index in [1.807, 2.05) is 0 Å². The summed E-state index contributed by atoms with van der Waals surface area (Å²) in [6.07, 6.45) is 0. The zero-order valence-electron chi connectivity index (χ0n) is 6.63. The van der Waals surface area contributed by atoms with E-state index in [1.54, 1.807) is 11.8 Å². The molecule has 1 aliphatic heterocycles. The fourth-order valence-electron chi connectivity index (χ4n) is 1.07.